The molecule has 2 aliphatic rings. The summed E-state index contributed by atoms with van der Waals surface area (Å²) in [5, 5.41) is 3.54. The van der Waals surface area contributed by atoms with Crippen molar-refractivity contribution in [2.24, 2.45) is 16.6 Å². The maximum Gasteiger partial charge on any atom is 0.217 e. The molecule has 1 fully saturated rings. The third-order valence-corrected chi connectivity index (χ3v) is 5.53. The Kier molecular flexibility index (Phi) is 6.01. The zero-order valence-electron chi connectivity index (χ0n) is 15.9. The number of hydrogen-bond donors (Lipinski definition) is 2. The summed E-state index contributed by atoms with van der Waals surface area (Å²) in [6, 6.07) is 9.06. The van der Waals surface area contributed by atoms with E-state index in [2.05, 4.69) is 51.3 Å². The molecule has 0 bridgehead atoms. The standard InChI is InChI=1S/C20H31N5O/c1-15(25-11-9-17-7-3-4-8-18(17)25)13-23-20(22-2)24-10-5-6-16(14-24)12-19(21)26/h3-4,7-8,15-16H,5-6,9-14H2,1-2H3,(H2,21,26)(H,22,23). The number of carbonyl (C=O) groups excluding carboxylic acids is 1. The number of nitrogens with two attached hydrogens (primary N) is 1. The minimum atomic E-state index is -0.207. The number of primary amides is 1. The van der Waals surface area contributed by atoms with Crippen molar-refractivity contribution in [3.63, 3.8) is 0 Å². The van der Waals surface area contributed by atoms with Gasteiger partial charge in [-0.2, -0.15) is 0 Å². The van der Waals surface area contributed by atoms with Crippen LogP contribution in [0.25, 0.3) is 0 Å². The Hall–Kier alpha value is -2.24. The second-order valence-electron chi connectivity index (χ2n) is 7.47. The number of aliphatic imine (C=N–C) groups is 1. The van der Waals surface area contributed by atoms with Crippen LogP contribution in [-0.4, -0.2) is 56.0 Å². The molecule has 1 aromatic carbocycles. The van der Waals surface area contributed by atoms with Gasteiger partial charge in [-0.25, -0.2) is 0 Å². The van der Waals surface area contributed by atoms with E-state index in [-0.39, 0.29) is 5.91 Å². The number of carbonyl (C=O) groups is 1. The Balaban J connectivity index is 1.55. The first-order chi connectivity index (χ1) is 12.6. The first-order valence-electron chi connectivity index (χ1n) is 9.67. The van der Waals surface area contributed by atoms with Gasteiger partial charge in [-0.05, 0) is 43.7 Å². The third-order valence-electron chi connectivity index (χ3n) is 5.53. The molecule has 2 unspecified atom stereocenters. The first-order valence-corrected chi connectivity index (χ1v) is 9.67. The van der Waals surface area contributed by atoms with E-state index in [9.17, 15) is 4.79 Å². The van der Waals surface area contributed by atoms with Crippen LogP contribution < -0.4 is 16.0 Å². The predicted octanol–water partition coefficient (Wildman–Crippen LogP) is 1.60. The van der Waals surface area contributed by atoms with E-state index in [1.165, 1.54) is 11.3 Å². The highest BCUT2D eigenvalue weighted by Crippen LogP contribution is 2.29. The molecule has 2 aliphatic heterocycles. The van der Waals surface area contributed by atoms with Crippen molar-refractivity contribution in [2.75, 3.05) is 38.1 Å². The number of piperidine rings is 1. The van der Waals surface area contributed by atoms with Gasteiger partial charge in [-0.1, -0.05) is 18.2 Å². The summed E-state index contributed by atoms with van der Waals surface area (Å²) in [5.74, 6) is 1.06. The van der Waals surface area contributed by atoms with Gasteiger partial charge in [0, 0.05) is 51.4 Å². The molecule has 3 rings (SSSR count). The lowest BCUT2D eigenvalue weighted by molar-refractivity contribution is -0.119. The number of amides is 1. The fraction of sp³-hybridized carbons (Fsp3) is 0.600. The van der Waals surface area contributed by atoms with Crippen molar-refractivity contribution in [1.82, 2.24) is 10.2 Å². The number of guanidine groups is 1. The zero-order chi connectivity index (χ0) is 18.5. The molecule has 2 heterocycles. The highest BCUT2D eigenvalue weighted by molar-refractivity contribution is 5.80. The fourth-order valence-corrected chi connectivity index (χ4v) is 4.21. The van der Waals surface area contributed by atoms with Crippen LogP contribution in [-0.2, 0) is 11.2 Å². The highest BCUT2D eigenvalue weighted by Gasteiger charge is 2.26. The molecule has 1 saturated heterocycles. The second kappa shape index (κ2) is 8.43. The minimum absolute atomic E-state index is 0.207. The van der Waals surface area contributed by atoms with Crippen LogP contribution in [0.5, 0.6) is 0 Å². The van der Waals surface area contributed by atoms with Crippen molar-refractivity contribution >= 4 is 17.6 Å². The van der Waals surface area contributed by atoms with Crippen molar-refractivity contribution in [3.8, 4) is 0 Å². The van der Waals surface area contributed by atoms with Gasteiger partial charge in [-0.15, -0.1) is 0 Å². The van der Waals surface area contributed by atoms with Crippen LogP contribution in [0, 0.1) is 5.92 Å². The second-order valence-corrected chi connectivity index (χ2v) is 7.47. The Bertz CT molecular complexity index is 659. The van der Waals surface area contributed by atoms with Gasteiger partial charge in [0.2, 0.25) is 5.91 Å². The molecule has 3 N–H and O–H groups in total. The molecule has 0 radical (unpaired) electrons. The molecule has 1 aromatic rings. The van der Waals surface area contributed by atoms with Gasteiger partial charge in [0.05, 0.1) is 0 Å². The fourth-order valence-electron chi connectivity index (χ4n) is 4.21. The number of para-hydroxylation sites is 1. The van der Waals surface area contributed by atoms with Crippen molar-refractivity contribution in [2.45, 2.75) is 38.6 Å². The van der Waals surface area contributed by atoms with E-state index in [0.717, 1.165) is 51.4 Å². The van der Waals surface area contributed by atoms with Crippen LogP contribution in [0.3, 0.4) is 0 Å². The third kappa shape index (κ3) is 4.29. The summed E-state index contributed by atoms with van der Waals surface area (Å²) >= 11 is 0. The molecule has 6 heteroatoms. The van der Waals surface area contributed by atoms with Gasteiger partial charge in [0.25, 0.3) is 0 Å². The average Bonchev–Trinajstić information content (AvgIpc) is 3.06. The predicted molar refractivity (Wildman–Crippen MR) is 106 cm³/mol. The maximum absolute atomic E-state index is 11.2. The number of fused-ring (bicyclic) bond motifs is 1. The summed E-state index contributed by atoms with van der Waals surface area (Å²) in [5.41, 5.74) is 8.17. The highest BCUT2D eigenvalue weighted by atomic mass is 16.1. The van der Waals surface area contributed by atoms with Gasteiger partial charge in [0.1, 0.15) is 0 Å². The van der Waals surface area contributed by atoms with Crippen molar-refractivity contribution in [3.05, 3.63) is 29.8 Å². The van der Waals surface area contributed by atoms with Crippen LogP contribution >= 0.6 is 0 Å². The van der Waals surface area contributed by atoms with Gasteiger partial charge < -0.3 is 20.9 Å². The number of likely N-dealkylation sites (tertiary alicyclic amines) is 1. The number of nitrogens with zero attached hydrogens (tertiary/aromatic N) is 3. The lowest BCUT2D eigenvalue weighted by atomic mass is 9.95. The van der Waals surface area contributed by atoms with Crippen LogP contribution in [0.1, 0.15) is 31.7 Å². The summed E-state index contributed by atoms with van der Waals surface area (Å²) in [6.07, 6.45) is 3.73. The number of benzene rings is 1. The summed E-state index contributed by atoms with van der Waals surface area (Å²) in [7, 11) is 1.83. The average molecular weight is 358 g/mol. The molecule has 0 aromatic heterocycles. The van der Waals surface area contributed by atoms with E-state index in [1.807, 2.05) is 7.05 Å². The quantitative estimate of drug-likeness (QED) is 0.620. The van der Waals surface area contributed by atoms with Crippen molar-refractivity contribution < 1.29 is 4.79 Å². The van der Waals surface area contributed by atoms with Crippen LogP contribution in [0.2, 0.25) is 0 Å². The number of nitrogens with one attached hydrogen (secondary N) is 1. The van der Waals surface area contributed by atoms with Gasteiger partial charge in [0.15, 0.2) is 5.96 Å². The van der Waals surface area contributed by atoms with E-state index < -0.39 is 0 Å². The van der Waals surface area contributed by atoms with Gasteiger partial charge >= 0.3 is 0 Å². The zero-order valence-corrected chi connectivity index (χ0v) is 15.9. The van der Waals surface area contributed by atoms with Crippen molar-refractivity contribution in [1.29, 1.82) is 0 Å². The van der Waals surface area contributed by atoms with Crippen LogP contribution in [0.4, 0.5) is 5.69 Å². The number of hydrogen-bond acceptors (Lipinski definition) is 3. The number of rotatable bonds is 5. The van der Waals surface area contributed by atoms with E-state index in [1.54, 1.807) is 0 Å². The molecule has 26 heavy (non-hydrogen) atoms. The van der Waals surface area contributed by atoms with E-state index >= 15 is 0 Å². The monoisotopic (exact) mass is 357 g/mol. The Morgan fingerprint density at radius 3 is 2.96 bits per heavy atom. The van der Waals surface area contributed by atoms with E-state index in [4.69, 9.17) is 5.73 Å². The molecule has 1 amide bonds. The summed E-state index contributed by atoms with van der Waals surface area (Å²) < 4.78 is 0. The molecule has 0 spiro atoms. The molecular weight excluding hydrogens is 326 g/mol. The smallest absolute Gasteiger partial charge is 0.217 e. The lowest BCUT2D eigenvalue weighted by Crippen LogP contribution is -2.50. The molecule has 2 atom stereocenters. The first kappa shape index (κ1) is 18.5. The summed E-state index contributed by atoms with van der Waals surface area (Å²) in [6.45, 7) is 6.01. The minimum Gasteiger partial charge on any atom is -0.370 e. The molecule has 0 aliphatic carbocycles. The Morgan fingerprint density at radius 1 is 1.38 bits per heavy atom. The van der Waals surface area contributed by atoms with Gasteiger partial charge in [-0.3, -0.25) is 9.79 Å². The molecule has 142 valence electrons. The van der Waals surface area contributed by atoms with E-state index in [0.29, 0.717) is 18.4 Å². The topological polar surface area (TPSA) is 74.0 Å². The summed E-state index contributed by atoms with van der Waals surface area (Å²) in [4.78, 5) is 20.4. The maximum atomic E-state index is 11.2. The Morgan fingerprint density at radius 2 is 2.19 bits per heavy atom. The Labute approximate surface area is 156 Å². The lowest BCUT2D eigenvalue weighted by Gasteiger charge is -2.36. The molecule has 0 saturated carbocycles. The normalized spacial score (nSPS) is 21.5. The van der Waals surface area contributed by atoms with Crippen LogP contribution in [0.15, 0.2) is 29.3 Å². The number of anilines is 1. The molecule has 6 nitrogen and oxygen atoms in total. The molecular formula is C20H31N5O. The largest absolute Gasteiger partial charge is 0.370 e. The SMILES string of the molecule is CN=C(NCC(C)N1CCc2ccccc21)N1CCCC(CC(N)=O)C1.